The first-order chi connectivity index (χ1) is 15.2. The molecule has 4 nitrogen and oxygen atoms in total. The zero-order valence-corrected chi connectivity index (χ0v) is 22.8. The molecule has 2 aliphatic heterocycles. The van der Waals surface area contributed by atoms with Crippen LogP contribution in [0.25, 0.3) is 0 Å². The standard InChI is InChI=1S/C28H47N3O.ClH/c1-7-11-29-13-15-30(16-14-29)26-9-8-23(31-12-10-24(20-31)32-6)17-25(26)22-18-27(2,3)21-28(4,5)19-22;/h8-9,17,22,24H,7,10-16,18-21H2,1-6H3;1H. The predicted molar refractivity (Wildman–Crippen MR) is 144 cm³/mol. The zero-order chi connectivity index (χ0) is 22.9. The number of hydrogen-bond acceptors (Lipinski definition) is 4. The van der Waals surface area contributed by atoms with E-state index in [2.05, 4.69) is 67.5 Å². The first-order valence-corrected chi connectivity index (χ1v) is 13.1. The lowest BCUT2D eigenvalue weighted by Crippen LogP contribution is -2.47. The Bertz CT molecular complexity index is 756. The van der Waals surface area contributed by atoms with Crippen molar-refractivity contribution in [2.24, 2.45) is 10.8 Å². The summed E-state index contributed by atoms with van der Waals surface area (Å²) in [4.78, 5) is 7.86. The average molecular weight is 478 g/mol. The van der Waals surface area contributed by atoms with Crippen molar-refractivity contribution in [1.29, 1.82) is 0 Å². The van der Waals surface area contributed by atoms with Crippen LogP contribution in [-0.4, -0.2) is 63.9 Å². The molecule has 33 heavy (non-hydrogen) atoms. The Kier molecular flexibility index (Phi) is 8.67. The first kappa shape index (κ1) is 26.6. The molecule has 3 aliphatic rings. The van der Waals surface area contributed by atoms with Gasteiger partial charge >= 0.3 is 0 Å². The Morgan fingerprint density at radius 1 is 0.939 bits per heavy atom. The molecule has 2 heterocycles. The third-order valence-electron chi connectivity index (χ3n) is 8.10. The molecule has 0 bridgehead atoms. The number of nitrogens with zero attached hydrogens (tertiary/aromatic N) is 3. The number of methoxy groups -OCH3 is 1. The van der Waals surface area contributed by atoms with Crippen LogP contribution in [0.5, 0.6) is 0 Å². The van der Waals surface area contributed by atoms with E-state index in [0.29, 0.717) is 22.9 Å². The van der Waals surface area contributed by atoms with E-state index in [0.717, 1.165) is 32.6 Å². The molecule has 3 fully saturated rings. The van der Waals surface area contributed by atoms with Gasteiger partial charge in [0.2, 0.25) is 0 Å². The molecular formula is C28H48ClN3O. The molecule has 0 radical (unpaired) electrons. The maximum absolute atomic E-state index is 5.66. The van der Waals surface area contributed by atoms with Crippen molar-refractivity contribution in [3.63, 3.8) is 0 Å². The molecule has 2 saturated heterocycles. The van der Waals surface area contributed by atoms with Crippen LogP contribution in [0, 0.1) is 10.8 Å². The molecule has 1 atom stereocenters. The maximum atomic E-state index is 5.66. The minimum Gasteiger partial charge on any atom is -0.380 e. The quantitative estimate of drug-likeness (QED) is 0.486. The molecule has 1 aliphatic carbocycles. The summed E-state index contributed by atoms with van der Waals surface area (Å²) in [5, 5.41) is 0. The molecule has 0 spiro atoms. The second-order valence-corrected chi connectivity index (χ2v) is 12.3. The molecule has 1 aromatic rings. The molecule has 0 N–H and O–H groups in total. The Morgan fingerprint density at radius 3 is 2.18 bits per heavy atom. The van der Waals surface area contributed by atoms with Gasteiger partial charge in [-0.2, -0.15) is 0 Å². The molecule has 5 heteroatoms. The van der Waals surface area contributed by atoms with Crippen LogP contribution >= 0.6 is 12.4 Å². The van der Waals surface area contributed by atoms with Crippen molar-refractivity contribution in [1.82, 2.24) is 4.90 Å². The summed E-state index contributed by atoms with van der Waals surface area (Å²) >= 11 is 0. The fourth-order valence-electron chi connectivity index (χ4n) is 7.10. The SMILES string of the molecule is CCCN1CCN(c2ccc(N3CCC(OC)C3)cc2C2CC(C)(C)CC(C)(C)C2)CC1.Cl. The van der Waals surface area contributed by atoms with Crippen molar-refractivity contribution in [2.75, 3.05) is 62.7 Å². The van der Waals surface area contributed by atoms with Gasteiger partial charge in [-0.05, 0) is 79.2 Å². The van der Waals surface area contributed by atoms with E-state index in [-0.39, 0.29) is 12.4 Å². The van der Waals surface area contributed by atoms with Crippen LogP contribution in [0.4, 0.5) is 11.4 Å². The van der Waals surface area contributed by atoms with E-state index in [1.807, 2.05) is 7.11 Å². The van der Waals surface area contributed by atoms with Gasteiger partial charge in [0.25, 0.3) is 0 Å². The molecule has 188 valence electrons. The second-order valence-electron chi connectivity index (χ2n) is 12.3. The smallest absolute Gasteiger partial charge is 0.0762 e. The second kappa shape index (κ2) is 10.7. The lowest BCUT2D eigenvalue weighted by molar-refractivity contribution is 0.0970. The average Bonchev–Trinajstić information content (AvgIpc) is 3.21. The highest BCUT2D eigenvalue weighted by molar-refractivity contribution is 5.85. The molecule has 0 aromatic heterocycles. The predicted octanol–water partition coefficient (Wildman–Crippen LogP) is 6.19. The van der Waals surface area contributed by atoms with Gasteiger partial charge in [-0.1, -0.05) is 34.6 Å². The summed E-state index contributed by atoms with van der Waals surface area (Å²) in [6, 6.07) is 7.40. The Balaban J connectivity index is 0.00000306. The molecule has 0 amide bonds. The van der Waals surface area contributed by atoms with E-state index >= 15 is 0 Å². The number of piperazine rings is 1. The molecule has 1 saturated carbocycles. The Labute approximate surface area is 209 Å². The normalized spacial score (nSPS) is 25.8. The van der Waals surface area contributed by atoms with Crippen molar-refractivity contribution in [3.05, 3.63) is 23.8 Å². The summed E-state index contributed by atoms with van der Waals surface area (Å²) in [7, 11) is 1.85. The number of anilines is 2. The van der Waals surface area contributed by atoms with Gasteiger partial charge in [-0.25, -0.2) is 0 Å². The summed E-state index contributed by atoms with van der Waals surface area (Å²) in [5.74, 6) is 0.637. The van der Waals surface area contributed by atoms with Gasteiger partial charge < -0.3 is 14.5 Å². The van der Waals surface area contributed by atoms with Crippen LogP contribution in [0.15, 0.2) is 18.2 Å². The van der Waals surface area contributed by atoms with Crippen LogP contribution in [0.1, 0.15) is 78.2 Å². The Morgan fingerprint density at radius 2 is 1.61 bits per heavy atom. The number of ether oxygens (including phenoxy) is 1. The van der Waals surface area contributed by atoms with E-state index in [1.54, 1.807) is 5.56 Å². The minimum atomic E-state index is 0. The lowest BCUT2D eigenvalue weighted by atomic mass is 9.60. The van der Waals surface area contributed by atoms with Crippen LogP contribution < -0.4 is 9.80 Å². The zero-order valence-electron chi connectivity index (χ0n) is 22.0. The molecule has 4 rings (SSSR count). The summed E-state index contributed by atoms with van der Waals surface area (Å²) in [5.41, 5.74) is 5.30. The largest absolute Gasteiger partial charge is 0.380 e. The molecule has 1 unspecified atom stereocenters. The third-order valence-corrected chi connectivity index (χ3v) is 8.10. The minimum absolute atomic E-state index is 0. The van der Waals surface area contributed by atoms with Crippen molar-refractivity contribution < 1.29 is 4.74 Å². The summed E-state index contributed by atoms with van der Waals surface area (Å²) in [6.07, 6.45) is 6.67. The summed E-state index contributed by atoms with van der Waals surface area (Å²) in [6.45, 7) is 20.3. The number of halogens is 1. The Hall–Kier alpha value is -0.970. The lowest BCUT2D eigenvalue weighted by Gasteiger charge is -2.46. The monoisotopic (exact) mass is 477 g/mol. The van der Waals surface area contributed by atoms with Gasteiger partial charge in [0.05, 0.1) is 6.10 Å². The first-order valence-electron chi connectivity index (χ1n) is 13.1. The van der Waals surface area contributed by atoms with E-state index in [1.165, 1.54) is 56.7 Å². The molecular weight excluding hydrogens is 430 g/mol. The molecule has 1 aromatic carbocycles. The number of hydrogen-bond donors (Lipinski definition) is 0. The van der Waals surface area contributed by atoms with Gasteiger partial charge in [-0.15, -0.1) is 12.4 Å². The van der Waals surface area contributed by atoms with E-state index in [4.69, 9.17) is 4.74 Å². The van der Waals surface area contributed by atoms with E-state index < -0.39 is 0 Å². The van der Waals surface area contributed by atoms with E-state index in [9.17, 15) is 0 Å². The van der Waals surface area contributed by atoms with Crippen molar-refractivity contribution in [2.45, 2.75) is 78.7 Å². The highest BCUT2D eigenvalue weighted by Crippen LogP contribution is 2.53. The third kappa shape index (κ3) is 6.38. The fraction of sp³-hybridized carbons (Fsp3) is 0.786. The topological polar surface area (TPSA) is 19.0 Å². The van der Waals surface area contributed by atoms with Gasteiger partial charge in [-0.3, -0.25) is 4.90 Å². The summed E-state index contributed by atoms with van der Waals surface area (Å²) < 4.78 is 5.66. The van der Waals surface area contributed by atoms with Gasteiger partial charge in [0.1, 0.15) is 0 Å². The van der Waals surface area contributed by atoms with Crippen molar-refractivity contribution in [3.8, 4) is 0 Å². The number of benzene rings is 1. The fourth-order valence-corrected chi connectivity index (χ4v) is 7.10. The van der Waals surface area contributed by atoms with Crippen LogP contribution in [0.3, 0.4) is 0 Å². The van der Waals surface area contributed by atoms with Gasteiger partial charge in [0, 0.05) is 57.8 Å². The van der Waals surface area contributed by atoms with Crippen LogP contribution in [-0.2, 0) is 4.74 Å². The van der Waals surface area contributed by atoms with Crippen LogP contribution in [0.2, 0.25) is 0 Å². The van der Waals surface area contributed by atoms with Crippen molar-refractivity contribution >= 4 is 23.8 Å². The van der Waals surface area contributed by atoms with Gasteiger partial charge in [0.15, 0.2) is 0 Å². The number of rotatable bonds is 6. The highest BCUT2D eigenvalue weighted by Gasteiger charge is 2.40. The maximum Gasteiger partial charge on any atom is 0.0762 e. The highest BCUT2D eigenvalue weighted by atomic mass is 35.5.